The van der Waals surface area contributed by atoms with E-state index in [9.17, 15) is 13.6 Å². The molecule has 0 unspecified atom stereocenters. The van der Waals surface area contributed by atoms with E-state index in [1.807, 2.05) is 22.6 Å². The molecule has 1 aromatic carbocycles. The van der Waals surface area contributed by atoms with E-state index in [4.69, 9.17) is 4.74 Å². The third-order valence-corrected chi connectivity index (χ3v) is 3.76. The molecular formula is C16H13F2INO2Y-. The van der Waals surface area contributed by atoms with Crippen molar-refractivity contribution in [2.24, 2.45) is 0 Å². The van der Waals surface area contributed by atoms with Crippen molar-refractivity contribution in [3.63, 3.8) is 0 Å². The molecule has 0 atom stereocenters. The minimum Gasteiger partial charge on any atom is -0.489 e. The molecule has 1 heterocycles. The van der Waals surface area contributed by atoms with Crippen LogP contribution in [-0.2, 0) is 39.3 Å². The summed E-state index contributed by atoms with van der Waals surface area (Å²) in [7, 11) is 0. The molecule has 0 amide bonds. The Hall–Kier alpha value is -0.596. The Morgan fingerprint density at radius 2 is 2.00 bits per heavy atom. The number of halogens is 3. The van der Waals surface area contributed by atoms with Crippen LogP contribution in [0.4, 0.5) is 8.78 Å². The van der Waals surface area contributed by atoms with Crippen molar-refractivity contribution in [2.45, 2.75) is 13.5 Å². The fraction of sp³-hybridized carbons (Fsp3) is 0.188. The second-order valence-electron chi connectivity index (χ2n) is 4.40. The first-order chi connectivity index (χ1) is 10.5. The number of pyridine rings is 1. The van der Waals surface area contributed by atoms with Crippen LogP contribution in [0.1, 0.15) is 6.92 Å². The molecule has 1 radical (unpaired) electrons. The zero-order valence-corrected chi connectivity index (χ0v) is 17.4. The van der Waals surface area contributed by atoms with E-state index in [-0.39, 0.29) is 68.4 Å². The molecule has 0 saturated heterocycles. The Morgan fingerprint density at radius 1 is 1.39 bits per heavy atom. The van der Waals surface area contributed by atoms with Gasteiger partial charge < -0.3 is 9.30 Å². The molecule has 0 aliphatic heterocycles. The van der Waals surface area contributed by atoms with E-state index in [1.165, 1.54) is 16.7 Å². The number of hydrogen-bond donors (Lipinski definition) is 0. The summed E-state index contributed by atoms with van der Waals surface area (Å²) < 4.78 is 35.4. The van der Waals surface area contributed by atoms with E-state index < -0.39 is 11.6 Å². The second-order valence-corrected chi connectivity index (χ2v) is 5.56. The number of aromatic nitrogens is 1. The van der Waals surface area contributed by atoms with Gasteiger partial charge in [-0.05, 0) is 16.1 Å². The van der Waals surface area contributed by atoms with Gasteiger partial charge in [-0.15, -0.1) is 22.6 Å². The van der Waals surface area contributed by atoms with Crippen LogP contribution >= 0.6 is 22.6 Å². The van der Waals surface area contributed by atoms with Crippen LogP contribution < -0.4 is 10.3 Å². The normalized spacial score (nSPS) is 10.1. The number of benzene rings is 1. The average Bonchev–Trinajstić information content (AvgIpc) is 2.48. The Bertz CT molecular complexity index is 754. The summed E-state index contributed by atoms with van der Waals surface area (Å²) in [6.45, 7) is 5.63. The Kier molecular flexibility index (Phi) is 8.03. The number of hydrogen-bond acceptors (Lipinski definition) is 2. The van der Waals surface area contributed by atoms with Crippen molar-refractivity contribution in [3.8, 4) is 17.0 Å². The van der Waals surface area contributed by atoms with Crippen LogP contribution in [-0.4, -0.2) is 11.2 Å². The predicted molar refractivity (Wildman–Crippen MR) is 89.0 cm³/mol. The molecule has 0 N–H and O–H groups in total. The zero-order valence-electron chi connectivity index (χ0n) is 12.4. The van der Waals surface area contributed by atoms with Gasteiger partial charge in [-0.1, -0.05) is 18.3 Å². The van der Waals surface area contributed by atoms with Gasteiger partial charge >= 0.3 is 0 Å². The van der Waals surface area contributed by atoms with Crippen LogP contribution in [0.15, 0.2) is 35.6 Å². The van der Waals surface area contributed by atoms with E-state index in [0.717, 1.165) is 12.1 Å². The van der Waals surface area contributed by atoms with Gasteiger partial charge in [0, 0.05) is 51.4 Å². The van der Waals surface area contributed by atoms with Crippen molar-refractivity contribution in [1.29, 1.82) is 0 Å². The molecule has 0 bridgehead atoms. The maximum atomic E-state index is 14.3. The van der Waals surface area contributed by atoms with Gasteiger partial charge in [-0.3, -0.25) is 4.79 Å². The minimum atomic E-state index is -0.807. The van der Waals surface area contributed by atoms with Crippen LogP contribution in [0.25, 0.3) is 11.3 Å². The van der Waals surface area contributed by atoms with Gasteiger partial charge in [0.25, 0.3) is 0 Å². The molecule has 2 rings (SSSR count). The van der Waals surface area contributed by atoms with Crippen LogP contribution in [0.5, 0.6) is 5.75 Å². The molecule has 1 aromatic heterocycles. The molecule has 0 saturated carbocycles. The first-order valence-electron chi connectivity index (χ1n) is 6.53. The van der Waals surface area contributed by atoms with Gasteiger partial charge in [0.1, 0.15) is 12.4 Å². The van der Waals surface area contributed by atoms with Gasteiger partial charge in [-0.25, -0.2) is 8.78 Å². The number of ether oxygens (including phenoxy) is 1. The molecule has 0 aliphatic rings. The summed E-state index contributed by atoms with van der Waals surface area (Å²) in [4.78, 5) is 12.1. The van der Waals surface area contributed by atoms with Crippen molar-refractivity contribution in [3.05, 3.63) is 62.5 Å². The quantitative estimate of drug-likeness (QED) is 0.352. The van der Waals surface area contributed by atoms with Crippen LogP contribution in [0.3, 0.4) is 0 Å². The Balaban J connectivity index is 0.00000264. The van der Waals surface area contributed by atoms with Crippen molar-refractivity contribution in [1.82, 2.24) is 4.57 Å². The molecular weight excluding hydrogens is 492 g/mol. The largest absolute Gasteiger partial charge is 0.489 e. The van der Waals surface area contributed by atoms with Crippen molar-refractivity contribution < 1.29 is 46.2 Å². The van der Waals surface area contributed by atoms with E-state index in [1.54, 1.807) is 6.92 Å². The summed E-state index contributed by atoms with van der Waals surface area (Å²) in [6, 6.07) is 6.36. The van der Waals surface area contributed by atoms with E-state index in [2.05, 4.69) is 12.6 Å². The first-order valence-corrected chi connectivity index (χ1v) is 7.61. The second kappa shape index (κ2) is 9.04. The van der Waals surface area contributed by atoms with E-state index >= 15 is 0 Å². The van der Waals surface area contributed by atoms with Gasteiger partial charge in [0.2, 0.25) is 5.56 Å². The summed E-state index contributed by atoms with van der Waals surface area (Å²) in [5.74, 6) is -1.55. The standard InChI is InChI=1S/C16H13F2INO2.Y/c1-3-7-22-10-8-11(17)15(12(18)9-10)14-6-5-13(19)16(21)20(14)4-2;/h3,5,8-9H,1,4,7H2,2H3;/q-1;. The summed E-state index contributed by atoms with van der Waals surface area (Å²) in [5.41, 5.74) is -0.512. The summed E-state index contributed by atoms with van der Waals surface area (Å²) >= 11 is 1.87. The molecule has 0 fully saturated rings. The molecule has 7 heteroatoms. The average molecular weight is 505 g/mol. The number of rotatable bonds is 5. The van der Waals surface area contributed by atoms with Crippen LogP contribution in [0, 0.1) is 21.3 Å². The van der Waals surface area contributed by atoms with Crippen molar-refractivity contribution >= 4 is 22.6 Å². The fourth-order valence-electron chi connectivity index (χ4n) is 2.03. The smallest absolute Gasteiger partial charge is 0.207 e. The third-order valence-electron chi connectivity index (χ3n) is 2.99. The van der Waals surface area contributed by atoms with Crippen molar-refractivity contribution in [2.75, 3.05) is 6.61 Å². The topological polar surface area (TPSA) is 31.2 Å². The van der Waals surface area contributed by atoms with Crippen LogP contribution in [0.2, 0.25) is 0 Å². The van der Waals surface area contributed by atoms with Gasteiger partial charge in [0.15, 0.2) is 0 Å². The maximum Gasteiger partial charge on any atom is 0.207 e. The minimum absolute atomic E-state index is 0. The summed E-state index contributed by atoms with van der Waals surface area (Å²) in [5, 5.41) is 0. The fourth-order valence-corrected chi connectivity index (χ4v) is 2.47. The molecule has 3 nitrogen and oxygen atoms in total. The molecule has 0 aliphatic carbocycles. The monoisotopic (exact) mass is 505 g/mol. The Labute approximate surface area is 171 Å². The van der Waals surface area contributed by atoms with E-state index in [0.29, 0.717) is 3.57 Å². The predicted octanol–water partition coefficient (Wildman–Crippen LogP) is 3.78. The molecule has 119 valence electrons. The zero-order chi connectivity index (χ0) is 16.3. The third kappa shape index (κ3) is 4.48. The molecule has 23 heavy (non-hydrogen) atoms. The molecule has 0 spiro atoms. The summed E-state index contributed by atoms with van der Waals surface area (Å²) in [6.07, 6.45) is 1.48. The van der Waals surface area contributed by atoms with Gasteiger partial charge in [0.05, 0.1) is 11.6 Å². The number of nitrogens with zero attached hydrogens (tertiary/aromatic N) is 1. The van der Waals surface area contributed by atoms with Gasteiger partial charge in [-0.2, -0.15) is 12.1 Å². The SMILES string of the molecule is C=CCOc1cc(F)c(-c2[c-]cc(I)c(=O)n2CC)c(F)c1.[Y]. The molecule has 2 aromatic rings. The first kappa shape index (κ1) is 20.4. The maximum absolute atomic E-state index is 14.3. The Morgan fingerprint density at radius 3 is 2.52 bits per heavy atom.